The van der Waals surface area contributed by atoms with E-state index in [4.69, 9.17) is 4.74 Å². The molecule has 0 aromatic heterocycles. The molecule has 0 aliphatic heterocycles. The lowest BCUT2D eigenvalue weighted by atomic mass is 10.1. The Morgan fingerprint density at radius 3 is 2.62 bits per heavy atom. The molecule has 0 radical (unpaired) electrons. The van der Waals surface area contributed by atoms with Crippen molar-refractivity contribution in [1.29, 1.82) is 0 Å². The van der Waals surface area contributed by atoms with Crippen LogP contribution in [0.25, 0.3) is 0 Å². The van der Waals surface area contributed by atoms with Crippen molar-refractivity contribution in [1.82, 2.24) is 10.6 Å². The Bertz CT molecular complexity index is 500. The maximum absolute atomic E-state index is 11.9. The summed E-state index contributed by atoms with van der Waals surface area (Å²) in [7, 11) is 1.41. The molecule has 0 saturated heterocycles. The molecule has 0 aliphatic rings. The molecule has 116 valence electrons. The standard InChI is InChI=1S/C15H22N2O4/c1-10(2)9-17-13(18)7-8-16-15(20)11-5-4-6-12(21-3)14(11)19/h4-6,10,19H,7-9H2,1-3H3,(H,16,20)(H,17,18). The summed E-state index contributed by atoms with van der Waals surface area (Å²) in [6.45, 7) is 4.84. The minimum Gasteiger partial charge on any atom is -0.504 e. The first-order chi connectivity index (χ1) is 9.95. The molecule has 2 amide bonds. The molecule has 0 saturated carbocycles. The molecular formula is C15H22N2O4. The van der Waals surface area contributed by atoms with Gasteiger partial charge in [-0.25, -0.2) is 0 Å². The molecule has 0 unspecified atom stereocenters. The van der Waals surface area contributed by atoms with Gasteiger partial charge in [0, 0.05) is 19.5 Å². The number of hydrogen-bond donors (Lipinski definition) is 3. The van der Waals surface area contributed by atoms with Crippen molar-refractivity contribution in [2.75, 3.05) is 20.2 Å². The second-order valence-corrected chi connectivity index (χ2v) is 5.06. The van der Waals surface area contributed by atoms with E-state index in [1.54, 1.807) is 12.1 Å². The van der Waals surface area contributed by atoms with Crippen LogP contribution < -0.4 is 15.4 Å². The molecule has 1 rings (SSSR count). The van der Waals surface area contributed by atoms with Gasteiger partial charge in [-0.15, -0.1) is 0 Å². The van der Waals surface area contributed by atoms with E-state index in [0.717, 1.165) is 0 Å². The average Bonchev–Trinajstić information content (AvgIpc) is 2.45. The van der Waals surface area contributed by atoms with Crippen LogP contribution in [0, 0.1) is 5.92 Å². The maximum atomic E-state index is 11.9. The third kappa shape index (κ3) is 5.33. The van der Waals surface area contributed by atoms with Crippen LogP contribution in [0.15, 0.2) is 18.2 Å². The number of phenolic OH excluding ortho intramolecular Hbond substituents is 1. The molecule has 6 nitrogen and oxygen atoms in total. The van der Waals surface area contributed by atoms with Gasteiger partial charge in [0.05, 0.1) is 12.7 Å². The van der Waals surface area contributed by atoms with E-state index in [-0.39, 0.29) is 35.9 Å². The number of hydrogen-bond acceptors (Lipinski definition) is 4. The number of nitrogens with one attached hydrogen (secondary N) is 2. The van der Waals surface area contributed by atoms with E-state index in [9.17, 15) is 14.7 Å². The number of amides is 2. The molecule has 0 aliphatic carbocycles. The minimum absolute atomic E-state index is 0.112. The Morgan fingerprint density at radius 1 is 1.29 bits per heavy atom. The normalized spacial score (nSPS) is 10.3. The molecule has 0 bridgehead atoms. The highest BCUT2D eigenvalue weighted by molar-refractivity contribution is 5.97. The molecule has 6 heteroatoms. The van der Waals surface area contributed by atoms with E-state index < -0.39 is 5.91 Å². The van der Waals surface area contributed by atoms with Crippen molar-refractivity contribution < 1.29 is 19.4 Å². The number of benzene rings is 1. The minimum atomic E-state index is -0.442. The maximum Gasteiger partial charge on any atom is 0.255 e. The number of carbonyl (C=O) groups excluding carboxylic acids is 2. The second kappa shape index (κ2) is 8.14. The smallest absolute Gasteiger partial charge is 0.255 e. The largest absolute Gasteiger partial charge is 0.504 e. The Morgan fingerprint density at radius 2 is 2.00 bits per heavy atom. The van der Waals surface area contributed by atoms with Gasteiger partial charge in [-0.2, -0.15) is 0 Å². The highest BCUT2D eigenvalue weighted by atomic mass is 16.5. The summed E-state index contributed by atoms with van der Waals surface area (Å²) >= 11 is 0. The van der Waals surface area contributed by atoms with E-state index in [2.05, 4.69) is 10.6 Å². The summed E-state index contributed by atoms with van der Waals surface area (Å²) in [4.78, 5) is 23.4. The predicted octanol–water partition coefficient (Wildman–Crippen LogP) is 1.29. The van der Waals surface area contributed by atoms with E-state index in [1.165, 1.54) is 13.2 Å². The van der Waals surface area contributed by atoms with Crippen molar-refractivity contribution in [3.63, 3.8) is 0 Å². The average molecular weight is 294 g/mol. The predicted molar refractivity (Wildman–Crippen MR) is 79.5 cm³/mol. The van der Waals surface area contributed by atoms with Gasteiger partial charge in [-0.05, 0) is 18.1 Å². The fourth-order valence-electron chi connectivity index (χ4n) is 1.66. The van der Waals surface area contributed by atoms with Gasteiger partial charge in [-0.1, -0.05) is 19.9 Å². The lowest BCUT2D eigenvalue weighted by Gasteiger charge is -2.10. The Kier molecular flexibility index (Phi) is 6.52. The van der Waals surface area contributed by atoms with Gasteiger partial charge in [0.2, 0.25) is 5.91 Å². The van der Waals surface area contributed by atoms with Gasteiger partial charge in [0.1, 0.15) is 0 Å². The first-order valence-corrected chi connectivity index (χ1v) is 6.86. The Labute approximate surface area is 124 Å². The number of phenols is 1. The Hall–Kier alpha value is -2.24. The number of aromatic hydroxyl groups is 1. The van der Waals surface area contributed by atoms with Gasteiger partial charge in [0.15, 0.2) is 11.5 Å². The van der Waals surface area contributed by atoms with Crippen LogP contribution in [-0.4, -0.2) is 37.1 Å². The highest BCUT2D eigenvalue weighted by Crippen LogP contribution is 2.29. The lowest BCUT2D eigenvalue weighted by molar-refractivity contribution is -0.121. The Balaban J connectivity index is 2.46. The zero-order chi connectivity index (χ0) is 15.8. The van der Waals surface area contributed by atoms with E-state index in [1.807, 2.05) is 13.8 Å². The molecule has 0 heterocycles. The van der Waals surface area contributed by atoms with Crippen molar-refractivity contribution in [3.8, 4) is 11.5 Å². The van der Waals surface area contributed by atoms with Crippen LogP contribution in [-0.2, 0) is 4.79 Å². The molecule has 3 N–H and O–H groups in total. The number of methoxy groups -OCH3 is 1. The number of rotatable bonds is 7. The van der Waals surface area contributed by atoms with Crippen LogP contribution >= 0.6 is 0 Å². The van der Waals surface area contributed by atoms with Gasteiger partial charge < -0.3 is 20.5 Å². The van der Waals surface area contributed by atoms with Crippen molar-refractivity contribution in [3.05, 3.63) is 23.8 Å². The molecule has 0 spiro atoms. The number of carbonyl (C=O) groups is 2. The zero-order valence-electron chi connectivity index (χ0n) is 12.6. The summed E-state index contributed by atoms with van der Waals surface area (Å²) in [5, 5.41) is 15.2. The van der Waals surface area contributed by atoms with Crippen LogP contribution in [0.2, 0.25) is 0 Å². The summed E-state index contributed by atoms with van der Waals surface area (Å²) in [6.07, 6.45) is 0.198. The monoisotopic (exact) mass is 294 g/mol. The topological polar surface area (TPSA) is 87.7 Å². The fraction of sp³-hybridized carbons (Fsp3) is 0.467. The summed E-state index contributed by atoms with van der Waals surface area (Å²) in [5.41, 5.74) is 0.122. The first kappa shape index (κ1) is 16.8. The summed E-state index contributed by atoms with van der Waals surface area (Å²) in [5.74, 6) is -0.140. The third-order valence-corrected chi connectivity index (χ3v) is 2.81. The summed E-state index contributed by atoms with van der Waals surface area (Å²) in [6, 6.07) is 4.67. The first-order valence-electron chi connectivity index (χ1n) is 6.86. The molecule has 1 aromatic rings. The molecule has 21 heavy (non-hydrogen) atoms. The highest BCUT2D eigenvalue weighted by Gasteiger charge is 2.14. The third-order valence-electron chi connectivity index (χ3n) is 2.81. The van der Waals surface area contributed by atoms with Crippen LogP contribution in [0.4, 0.5) is 0 Å². The van der Waals surface area contributed by atoms with Crippen molar-refractivity contribution >= 4 is 11.8 Å². The fourth-order valence-corrected chi connectivity index (χ4v) is 1.66. The number of para-hydroxylation sites is 1. The van der Waals surface area contributed by atoms with Crippen LogP contribution in [0.3, 0.4) is 0 Å². The van der Waals surface area contributed by atoms with Gasteiger partial charge >= 0.3 is 0 Å². The molecule has 0 fully saturated rings. The lowest BCUT2D eigenvalue weighted by Crippen LogP contribution is -2.32. The van der Waals surface area contributed by atoms with Gasteiger partial charge in [0.25, 0.3) is 5.91 Å². The van der Waals surface area contributed by atoms with E-state index in [0.29, 0.717) is 12.5 Å². The summed E-state index contributed by atoms with van der Waals surface area (Å²) < 4.78 is 4.94. The molecule has 0 atom stereocenters. The molecular weight excluding hydrogens is 272 g/mol. The SMILES string of the molecule is COc1cccc(C(=O)NCCC(=O)NCC(C)C)c1O. The van der Waals surface area contributed by atoms with Crippen molar-refractivity contribution in [2.24, 2.45) is 5.92 Å². The van der Waals surface area contributed by atoms with Crippen molar-refractivity contribution in [2.45, 2.75) is 20.3 Å². The van der Waals surface area contributed by atoms with Gasteiger partial charge in [-0.3, -0.25) is 9.59 Å². The molecule has 1 aromatic carbocycles. The second-order valence-electron chi connectivity index (χ2n) is 5.06. The van der Waals surface area contributed by atoms with E-state index >= 15 is 0 Å². The number of ether oxygens (including phenoxy) is 1. The zero-order valence-corrected chi connectivity index (χ0v) is 12.6. The van der Waals surface area contributed by atoms with Crippen LogP contribution in [0.1, 0.15) is 30.6 Å². The quantitative estimate of drug-likeness (QED) is 0.707. The van der Waals surface area contributed by atoms with Crippen LogP contribution in [0.5, 0.6) is 11.5 Å².